The van der Waals surface area contributed by atoms with Crippen molar-refractivity contribution in [1.82, 2.24) is 9.78 Å². The molecule has 1 heterocycles. The summed E-state index contributed by atoms with van der Waals surface area (Å²) in [5.74, 6) is -2.02. The maximum atomic E-state index is 13.3. The monoisotopic (exact) mass is 224 g/mol. The Bertz CT molecular complexity index is 516. The van der Waals surface area contributed by atoms with E-state index in [9.17, 15) is 8.78 Å². The van der Waals surface area contributed by atoms with Crippen molar-refractivity contribution in [3.05, 3.63) is 42.2 Å². The highest BCUT2D eigenvalue weighted by Gasteiger charge is 2.16. The molecule has 0 aliphatic heterocycles. The van der Waals surface area contributed by atoms with E-state index in [0.717, 1.165) is 16.9 Å². The second kappa shape index (κ2) is 4.03. The van der Waals surface area contributed by atoms with Crippen molar-refractivity contribution in [3.63, 3.8) is 0 Å². The van der Waals surface area contributed by atoms with Gasteiger partial charge in [0.25, 0.3) is 0 Å². The molecule has 4 nitrogen and oxygen atoms in total. The lowest BCUT2D eigenvalue weighted by molar-refractivity contribution is 0.426. The largest absolute Gasteiger partial charge is 0.491 e. The molecule has 0 radical (unpaired) electrons. The Balaban J connectivity index is 2.47. The third-order valence-electron chi connectivity index (χ3n) is 2.08. The quantitative estimate of drug-likeness (QED) is 0.696. The van der Waals surface area contributed by atoms with Crippen molar-refractivity contribution in [2.24, 2.45) is 0 Å². The first-order valence-electron chi connectivity index (χ1n) is 4.44. The summed E-state index contributed by atoms with van der Waals surface area (Å²) in [7, 11) is -1.69. The third kappa shape index (κ3) is 1.82. The molecule has 0 fully saturated rings. The predicted octanol–water partition coefficient (Wildman–Crippen LogP) is -0.170. The van der Waals surface area contributed by atoms with Crippen LogP contribution in [0.5, 0.6) is 0 Å². The molecule has 0 bridgehead atoms. The molecule has 0 atom stereocenters. The summed E-state index contributed by atoms with van der Waals surface area (Å²) in [4.78, 5) is 0. The third-order valence-corrected chi connectivity index (χ3v) is 2.08. The molecule has 2 rings (SSSR count). The minimum atomic E-state index is -1.69. The maximum Gasteiger partial charge on any atom is 0.491 e. The van der Waals surface area contributed by atoms with Crippen molar-refractivity contribution in [2.75, 3.05) is 0 Å². The Labute approximate surface area is 89.9 Å². The Hall–Kier alpha value is -1.73. The van der Waals surface area contributed by atoms with Gasteiger partial charge in [-0.3, -0.25) is 0 Å². The summed E-state index contributed by atoms with van der Waals surface area (Å²) in [6.07, 6.45) is 2.37. The first-order valence-corrected chi connectivity index (χ1v) is 4.44. The SMILES string of the molecule is OB(O)c1cnn(-c2cccc(F)c2F)c1. The molecule has 16 heavy (non-hydrogen) atoms. The van der Waals surface area contributed by atoms with Gasteiger partial charge in [0.15, 0.2) is 11.6 Å². The lowest BCUT2D eigenvalue weighted by Gasteiger charge is -2.02. The predicted molar refractivity (Wildman–Crippen MR) is 53.3 cm³/mol. The van der Waals surface area contributed by atoms with E-state index >= 15 is 0 Å². The highest BCUT2D eigenvalue weighted by atomic mass is 19.2. The van der Waals surface area contributed by atoms with Gasteiger partial charge in [0.2, 0.25) is 0 Å². The van der Waals surface area contributed by atoms with E-state index in [0.29, 0.717) is 0 Å². The van der Waals surface area contributed by atoms with E-state index in [4.69, 9.17) is 10.0 Å². The van der Waals surface area contributed by atoms with Gasteiger partial charge in [-0.1, -0.05) is 6.07 Å². The van der Waals surface area contributed by atoms with Crippen LogP contribution in [0.2, 0.25) is 0 Å². The molecule has 0 spiro atoms. The van der Waals surface area contributed by atoms with Crippen molar-refractivity contribution in [2.45, 2.75) is 0 Å². The standard InChI is InChI=1S/C9H7BF2N2O2/c11-7-2-1-3-8(9(7)12)14-5-6(4-13-14)10(15)16/h1-5,15-16H. The van der Waals surface area contributed by atoms with Gasteiger partial charge in [-0.15, -0.1) is 0 Å². The van der Waals surface area contributed by atoms with Gasteiger partial charge in [0.05, 0.1) is 0 Å². The van der Waals surface area contributed by atoms with Crippen LogP contribution in [-0.4, -0.2) is 26.9 Å². The van der Waals surface area contributed by atoms with Crippen LogP contribution >= 0.6 is 0 Å². The number of hydrogen-bond acceptors (Lipinski definition) is 3. The molecule has 82 valence electrons. The zero-order valence-corrected chi connectivity index (χ0v) is 8.01. The van der Waals surface area contributed by atoms with Crippen LogP contribution in [0.3, 0.4) is 0 Å². The molecule has 0 aliphatic carbocycles. The second-order valence-electron chi connectivity index (χ2n) is 3.16. The first-order chi connectivity index (χ1) is 7.59. The van der Waals surface area contributed by atoms with E-state index < -0.39 is 18.8 Å². The smallest absolute Gasteiger partial charge is 0.423 e. The zero-order chi connectivity index (χ0) is 11.7. The second-order valence-corrected chi connectivity index (χ2v) is 3.16. The minimum Gasteiger partial charge on any atom is -0.423 e. The number of benzene rings is 1. The van der Waals surface area contributed by atoms with E-state index in [1.165, 1.54) is 18.3 Å². The average Bonchev–Trinajstić information content (AvgIpc) is 2.71. The molecule has 1 aromatic carbocycles. The van der Waals surface area contributed by atoms with Gasteiger partial charge in [-0.2, -0.15) is 5.10 Å². The molecule has 0 saturated carbocycles. The van der Waals surface area contributed by atoms with Crippen molar-refractivity contribution in [3.8, 4) is 5.69 Å². The Morgan fingerprint density at radius 1 is 1.25 bits per heavy atom. The molecule has 7 heteroatoms. The van der Waals surface area contributed by atoms with Crippen LogP contribution in [0.25, 0.3) is 5.69 Å². The van der Waals surface area contributed by atoms with Crippen molar-refractivity contribution >= 4 is 12.6 Å². The van der Waals surface area contributed by atoms with Gasteiger partial charge >= 0.3 is 7.12 Å². The van der Waals surface area contributed by atoms with Crippen LogP contribution in [0.4, 0.5) is 8.78 Å². The van der Waals surface area contributed by atoms with E-state index in [1.54, 1.807) is 0 Å². The molecule has 0 aliphatic rings. The number of rotatable bonds is 2. The molecule has 0 unspecified atom stereocenters. The molecule has 2 aromatic rings. The number of hydrogen-bond donors (Lipinski definition) is 2. The van der Waals surface area contributed by atoms with Crippen LogP contribution in [-0.2, 0) is 0 Å². The fourth-order valence-corrected chi connectivity index (χ4v) is 1.27. The highest BCUT2D eigenvalue weighted by molar-refractivity contribution is 6.58. The Morgan fingerprint density at radius 3 is 2.62 bits per heavy atom. The maximum absolute atomic E-state index is 13.3. The number of halogens is 2. The average molecular weight is 224 g/mol. The van der Waals surface area contributed by atoms with E-state index in [2.05, 4.69) is 5.10 Å². The number of nitrogens with zero attached hydrogens (tertiary/aromatic N) is 2. The number of aromatic nitrogens is 2. The van der Waals surface area contributed by atoms with E-state index in [1.807, 2.05) is 0 Å². The molecular formula is C9H7BF2N2O2. The molecule has 2 N–H and O–H groups in total. The van der Waals surface area contributed by atoms with Gasteiger partial charge < -0.3 is 10.0 Å². The Morgan fingerprint density at radius 2 is 2.00 bits per heavy atom. The summed E-state index contributed by atoms with van der Waals surface area (Å²) in [6, 6.07) is 3.66. The van der Waals surface area contributed by atoms with Crippen molar-refractivity contribution < 1.29 is 18.8 Å². The first kappa shape index (κ1) is 10.8. The van der Waals surface area contributed by atoms with Crippen LogP contribution in [0.15, 0.2) is 30.6 Å². The van der Waals surface area contributed by atoms with Gasteiger partial charge in [0.1, 0.15) is 5.69 Å². The fourth-order valence-electron chi connectivity index (χ4n) is 1.27. The zero-order valence-electron chi connectivity index (χ0n) is 8.01. The molecule has 1 aromatic heterocycles. The Kier molecular flexibility index (Phi) is 2.72. The fraction of sp³-hybridized carbons (Fsp3) is 0. The lowest BCUT2D eigenvalue weighted by atomic mass is 9.83. The van der Waals surface area contributed by atoms with E-state index in [-0.39, 0.29) is 11.2 Å². The van der Waals surface area contributed by atoms with Crippen molar-refractivity contribution in [1.29, 1.82) is 0 Å². The van der Waals surface area contributed by atoms with Crippen LogP contribution in [0.1, 0.15) is 0 Å². The van der Waals surface area contributed by atoms with Gasteiger partial charge in [0, 0.05) is 17.9 Å². The van der Waals surface area contributed by atoms with Gasteiger partial charge in [-0.05, 0) is 12.1 Å². The van der Waals surface area contributed by atoms with Gasteiger partial charge in [-0.25, -0.2) is 13.5 Å². The highest BCUT2D eigenvalue weighted by Crippen LogP contribution is 2.14. The normalized spacial score (nSPS) is 10.5. The van der Waals surface area contributed by atoms with Crippen LogP contribution < -0.4 is 5.46 Å². The summed E-state index contributed by atoms with van der Waals surface area (Å²) in [5, 5.41) is 21.4. The minimum absolute atomic E-state index is 0.0908. The lowest BCUT2D eigenvalue weighted by Crippen LogP contribution is -2.28. The summed E-state index contributed by atoms with van der Waals surface area (Å²) in [6.45, 7) is 0. The molecular weight excluding hydrogens is 217 g/mol. The topological polar surface area (TPSA) is 58.3 Å². The summed E-state index contributed by atoms with van der Waals surface area (Å²) >= 11 is 0. The molecule has 0 saturated heterocycles. The van der Waals surface area contributed by atoms with Crippen LogP contribution in [0, 0.1) is 11.6 Å². The summed E-state index contributed by atoms with van der Waals surface area (Å²) in [5.41, 5.74) is 0.00978. The summed E-state index contributed by atoms with van der Waals surface area (Å²) < 4.78 is 27.3. The molecule has 0 amide bonds.